The fourth-order valence-electron chi connectivity index (χ4n) is 2.93. The first-order chi connectivity index (χ1) is 15.0. The van der Waals surface area contributed by atoms with Crippen LogP contribution in [0.1, 0.15) is 23.6 Å². The normalized spacial score (nSPS) is 11.2. The third-order valence-electron chi connectivity index (χ3n) is 4.74. The van der Waals surface area contributed by atoms with E-state index in [-0.39, 0.29) is 5.91 Å². The van der Waals surface area contributed by atoms with Gasteiger partial charge in [-0.2, -0.15) is 5.26 Å². The van der Waals surface area contributed by atoms with E-state index < -0.39 is 6.04 Å². The quantitative estimate of drug-likeness (QED) is 0.553. The Kier molecular flexibility index (Phi) is 7.13. The Hall–Kier alpha value is -3.98. The van der Waals surface area contributed by atoms with E-state index in [9.17, 15) is 4.79 Å². The number of hydrogen-bond donors (Lipinski definition) is 2. The minimum absolute atomic E-state index is 0.0804. The number of benzene rings is 3. The molecular formula is C25H25N3O3. The highest BCUT2D eigenvalue weighted by Gasteiger charge is 2.13. The number of nitrogens with one attached hydrogen (secondary N) is 2. The number of rotatable bonds is 8. The minimum atomic E-state index is -0.393. The van der Waals surface area contributed by atoms with Crippen molar-refractivity contribution in [3.05, 3.63) is 83.4 Å². The van der Waals surface area contributed by atoms with E-state index in [1.807, 2.05) is 50.2 Å². The molecule has 0 spiro atoms. The van der Waals surface area contributed by atoms with Crippen LogP contribution in [-0.4, -0.2) is 19.1 Å². The highest BCUT2D eigenvalue weighted by Crippen LogP contribution is 2.32. The number of aryl methyl sites for hydroxylation is 1. The smallest absolute Gasteiger partial charge is 0.242 e. The molecule has 6 nitrogen and oxygen atoms in total. The highest BCUT2D eigenvalue weighted by atomic mass is 16.5. The van der Waals surface area contributed by atoms with Gasteiger partial charge in [-0.05, 0) is 55.8 Å². The molecule has 1 amide bonds. The molecule has 0 radical (unpaired) electrons. The highest BCUT2D eigenvalue weighted by molar-refractivity contribution is 5.84. The molecule has 0 bridgehead atoms. The molecule has 158 valence electrons. The van der Waals surface area contributed by atoms with E-state index in [1.54, 1.807) is 30.3 Å². The van der Waals surface area contributed by atoms with Gasteiger partial charge < -0.3 is 20.1 Å². The van der Waals surface area contributed by atoms with Crippen LogP contribution in [0.15, 0.2) is 66.7 Å². The second-order valence-corrected chi connectivity index (χ2v) is 7.17. The summed E-state index contributed by atoms with van der Waals surface area (Å²) in [4.78, 5) is 12.4. The Bertz CT molecular complexity index is 1070. The number of amides is 1. The second kappa shape index (κ2) is 10.2. The van der Waals surface area contributed by atoms with Gasteiger partial charge in [0.05, 0.1) is 18.7 Å². The monoisotopic (exact) mass is 415 g/mol. The molecule has 0 fully saturated rings. The summed E-state index contributed by atoms with van der Waals surface area (Å²) in [5.74, 6) is 1.54. The van der Waals surface area contributed by atoms with E-state index >= 15 is 0 Å². The predicted molar refractivity (Wildman–Crippen MR) is 120 cm³/mol. The fraction of sp³-hybridized carbons (Fsp3) is 0.200. The Morgan fingerprint density at radius 1 is 1.03 bits per heavy atom. The van der Waals surface area contributed by atoms with Crippen molar-refractivity contribution in [3.63, 3.8) is 0 Å². The topological polar surface area (TPSA) is 83.4 Å². The van der Waals surface area contributed by atoms with Crippen LogP contribution < -0.4 is 20.1 Å². The van der Waals surface area contributed by atoms with Crippen molar-refractivity contribution in [1.82, 2.24) is 5.32 Å². The fourth-order valence-corrected chi connectivity index (χ4v) is 2.93. The number of methoxy groups -OCH3 is 1. The average Bonchev–Trinajstić information content (AvgIpc) is 2.80. The molecule has 0 aliphatic heterocycles. The first kappa shape index (κ1) is 21.7. The van der Waals surface area contributed by atoms with Crippen molar-refractivity contribution in [2.75, 3.05) is 12.4 Å². The number of carbonyl (C=O) groups excluding carboxylic acids is 1. The molecule has 2 N–H and O–H groups in total. The van der Waals surface area contributed by atoms with Gasteiger partial charge in [-0.1, -0.05) is 29.8 Å². The summed E-state index contributed by atoms with van der Waals surface area (Å²) in [6.07, 6.45) is 0. The summed E-state index contributed by atoms with van der Waals surface area (Å²) >= 11 is 0. The van der Waals surface area contributed by atoms with Gasteiger partial charge in [0, 0.05) is 18.3 Å². The lowest BCUT2D eigenvalue weighted by atomic mass is 10.1. The van der Waals surface area contributed by atoms with Gasteiger partial charge in [0.15, 0.2) is 11.5 Å². The number of carbonyl (C=O) groups is 1. The third-order valence-corrected chi connectivity index (χ3v) is 4.74. The molecular weight excluding hydrogens is 390 g/mol. The van der Waals surface area contributed by atoms with E-state index in [2.05, 4.69) is 16.7 Å². The lowest BCUT2D eigenvalue weighted by Crippen LogP contribution is -2.37. The van der Waals surface area contributed by atoms with Gasteiger partial charge in [0.25, 0.3) is 0 Å². The van der Waals surface area contributed by atoms with Crippen LogP contribution in [0.4, 0.5) is 5.69 Å². The van der Waals surface area contributed by atoms with E-state index in [4.69, 9.17) is 14.7 Å². The molecule has 0 heterocycles. The van der Waals surface area contributed by atoms with Crippen LogP contribution in [0.5, 0.6) is 17.2 Å². The summed E-state index contributed by atoms with van der Waals surface area (Å²) in [5, 5.41) is 15.1. The van der Waals surface area contributed by atoms with E-state index in [0.717, 1.165) is 11.3 Å². The maximum atomic E-state index is 12.4. The Labute approximate surface area is 182 Å². The average molecular weight is 415 g/mol. The van der Waals surface area contributed by atoms with Crippen molar-refractivity contribution >= 4 is 11.6 Å². The molecule has 3 rings (SSSR count). The number of hydrogen-bond acceptors (Lipinski definition) is 5. The van der Waals surface area contributed by atoms with Gasteiger partial charge in [0.1, 0.15) is 11.8 Å². The number of nitrogens with zero attached hydrogens (tertiary/aromatic N) is 1. The summed E-state index contributed by atoms with van der Waals surface area (Å²) in [6, 6.07) is 22.0. The first-order valence-electron chi connectivity index (χ1n) is 9.94. The largest absolute Gasteiger partial charge is 0.493 e. The van der Waals surface area contributed by atoms with Gasteiger partial charge >= 0.3 is 0 Å². The molecule has 0 saturated carbocycles. The van der Waals surface area contributed by atoms with E-state index in [1.165, 1.54) is 12.7 Å². The van der Waals surface area contributed by atoms with Gasteiger partial charge in [-0.15, -0.1) is 0 Å². The summed E-state index contributed by atoms with van der Waals surface area (Å²) in [6.45, 7) is 4.34. The maximum Gasteiger partial charge on any atom is 0.242 e. The van der Waals surface area contributed by atoms with Gasteiger partial charge in [-0.3, -0.25) is 4.79 Å². The lowest BCUT2D eigenvalue weighted by molar-refractivity contribution is -0.121. The SMILES string of the molecule is COc1cc(C#N)ccc1Oc1ccc(NC(C)C(=O)NCc2ccc(C)cc2)cc1. The van der Waals surface area contributed by atoms with Crippen LogP contribution in [0.3, 0.4) is 0 Å². The zero-order valence-electron chi connectivity index (χ0n) is 17.8. The maximum absolute atomic E-state index is 12.4. The van der Waals surface area contributed by atoms with Crippen LogP contribution >= 0.6 is 0 Å². The van der Waals surface area contributed by atoms with Crippen molar-refractivity contribution in [2.45, 2.75) is 26.4 Å². The summed E-state index contributed by atoms with van der Waals surface area (Å²) < 4.78 is 11.2. The molecule has 0 aliphatic rings. The van der Waals surface area contributed by atoms with E-state index in [0.29, 0.717) is 29.4 Å². The Balaban J connectivity index is 1.55. The summed E-state index contributed by atoms with van der Waals surface area (Å²) in [5.41, 5.74) is 3.55. The van der Waals surface area contributed by atoms with Crippen LogP contribution in [0.2, 0.25) is 0 Å². The first-order valence-corrected chi connectivity index (χ1v) is 9.94. The number of ether oxygens (including phenoxy) is 2. The lowest BCUT2D eigenvalue weighted by Gasteiger charge is -2.16. The number of nitriles is 1. The van der Waals surface area contributed by atoms with Gasteiger partial charge in [-0.25, -0.2) is 0 Å². The van der Waals surface area contributed by atoms with Crippen LogP contribution in [-0.2, 0) is 11.3 Å². The third kappa shape index (κ3) is 6.00. The van der Waals surface area contributed by atoms with Crippen molar-refractivity contribution < 1.29 is 14.3 Å². The second-order valence-electron chi connectivity index (χ2n) is 7.17. The molecule has 6 heteroatoms. The van der Waals surface area contributed by atoms with Crippen molar-refractivity contribution in [3.8, 4) is 23.3 Å². The van der Waals surface area contributed by atoms with Crippen LogP contribution in [0, 0.1) is 18.3 Å². The van der Waals surface area contributed by atoms with Crippen LogP contribution in [0.25, 0.3) is 0 Å². The standard InChI is InChI=1S/C25H25N3O3/c1-17-4-6-19(7-5-17)16-27-25(29)18(2)28-21-9-11-22(12-10-21)31-23-13-8-20(15-26)14-24(23)30-3/h4-14,18,28H,16H2,1-3H3,(H,27,29). The molecule has 3 aromatic rings. The Morgan fingerprint density at radius 3 is 2.39 bits per heavy atom. The van der Waals surface area contributed by atoms with Crippen molar-refractivity contribution in [2.24, 2.45) is 0 Å². The predicted octanol–water partition coefficient (Wildman–Crippen LogP) is 4.78. The number of anilines is 1. The Morgan fingerprint density at radius 2 is 1.74 bits per heavy atom. The summed E-state index contributed by atoms with van der Waals surface area (Å²) in [7, 11) is 1.53. The van der Waals surface area contributed by atoms with Gasteiger partial charge in [0.2, 0.25) is 5.91 Å². The zero-order chi connectivity index (χ0) is 22.2. The van der Waals surface area contributed by atoms with Crippen molar-refractivity contribution in [1.29, 1.82) is 5.26 Å². The molecule has 3 aromatic carbocycles. The zero-order valence-corrected chi connectivity index (χ0v) is 17.8. The molecule has 0 saturated heterocycles. The molecule has 0 aliphatic carbocycles. The molecule has 1 atom stereocenters. The minimum Gasteiger partial charge on any atom is -0.493 e. The molecule has 0 aromatic heterocycles. The molecule has 1 unspecified atom stereocenters. The molecule has 31 heavy (non-hydrogen) atoms.